The molecule has 0 aromatic heterocycles. The van der Waals surface area contributed by atoms with E-state index >= 15 is 0 Å². The van der Waals surface area contributed by atoms with E-state index in [4.69, 9.17) is 5.73 Å². The van der Waals surface area contributed by atoms with Crippen LogP contribution < -0.4 is 11.1 Å². The fraction of sp³-hybridized carbons (Fsp3) is 0.324. The first-order chi connectivity index (χ1) is 19.9. The Bertz CT molecular complexity index is 1380. The Labute approximate surface area is 248 Å². The summed E-state index contributed by atoms with van der Waals surface area (Å²) in [7, 11) is 4.56. The molecular weight excluding hydrogens is 531 g/mol. The monoisotopic (exact) mass is 572 g/mol. The van der Waals surface area contributed by atoms with Crippen LogP contribution in [0.15, 0.2) is 91.0 Å². The van der Waals surface area contributed by atoms with Crippen LogP contribution in [-0.2, 0) is 27.2 Å². The summed E-state index contributed by atoms with van der Waals surface area (Å²) in [6.45, 7) is 3.72. The molecule has 3 amide bonds. The van der Waals surface area contributed by atoms with Gasteiger partial charge in [-0.15, -0.1) is 0 Å². The summed E-state index contributed by atoms with van der Waals surface area (Å²) < 4.78 is 14.5. The number of nitrogens with two attached hydrogens (primary N) is 1. The van der Waals surface area contributed by atoms with Crippen LogP contribution in [0.25, 0.3) is 11.1 Å². The lowest BCUT2D eigenvalue weighted by Crippen LogP contribution is -2.55. The van der Waals surface area contributed by atoms with E-state index in [9.17, 15) is 18.8 Å². The second kappa shape index (κ2) is 14.5. The van der Waals surface area contributed by atoms with Crippen LogP contribution in [0, 0.1) is 5.82 Å². The van der Waals surface area contributed by atoms with E-state index in [0.29, 0.717) is 12.0 Å². The van der Waals surface area contributed by atoms with Gasteiger partial charge in [0.2, 0.25) is 17.7 Å². The van der Waals surface area contributed by atoms with E-state index in [0.717, 1.165) is 16.7 Å². The van der Waals surface area contributed by atoms with Crippen LogP contribution in [0.3, 0.4) is 0 Å². The van der Waals surface area contributed by atoms with Crippen LogP contribution in [0.5, 0.6) is 0 Å². The second-order valence-corrected chi connectivity index (χ2v) is 11.2. The van der Waals surface area contributed by atoms with Gasteiger partial charge in [-0.25, -0.2) is 4.39 Å². The number of nitrogens with zero attached hydrogens (tertiary/aromatic N) is 2. The molecule has 0 saturated carbocycles. The number of carbonyl (C=O) groups is 3. The standard InChI is InChI=1S/C34H41FN4O3/c1-34(2,36)21-11-16-31(40)38(4)30(22-24-17-19-26(20-18-24)25-12-7-6-8-13-25)33(42)39(5)29(32(41)37-3)23-27-14-9-10-15-28(27)35/h6-20,29-30H,21-23,36H2,1-5H3,(H,37,41)/t29-,30-/m1/s1. The van der Waals surface area contributed by atoms with Crippen LogP contribution in [0.2, 0.25) is 0 Å². The van der Waals surface area contributed by atoms with Crippen LogP contribution >= 0.6 is 0 Å². The maximum absolute atomic E-state index is 14.5. The highest BCUT2D eigenvalue weighted by molar-refractivity contribution is 5.95. The summed E-state index contributed by atoms with van der Waals surface area (Å²) in [5.74, 6) is -1.69. The Morgan fingerprint density at radius 1 is 0.857 bits per heavy atom. The van der Waals surface area contributed by atoms with Gasteiger partial charge < -0.3 is 20.9 Å². The molecule has 0 radical (unpaired) electrons. The van der Waals surface area contributed by atoms with E-state index in [1.807, 2.05) is 68.4 Å². The zero-order valence-electron chi connectivity index (χ0n) is 25.0. The predicted molar refractivity (Wildman–Crippen MR) is 165 cm³/mol. The number of hydrogen-bond donors (Lipinski definition) is 2. The highest BCUT2D eigenvalue weighted by Crippen LogP contribution is 2.22. The van der Waals surface area contributed by atoms with E-state index in [1.165, 1.54) is 36.0 Å². The number of nitrogens with one attached hydrogen (secondary N) is 1. The van der Waals surface area contributed by atoms with E-state index in [-0.39, 0.29) is 18.7 Å². The Morgan fingerprint density at radius 3 is 2.05 bits per heavy atom. The number of amides is 3. The third-order valence-corrected chi connectivity index (χ3v) is 7.23. The van der Waals surface area contributed by atoms with Crippen molar-refractivity contribution >= 4 is 17.7 Å². The third-order valence-electron chi connectivity index (χ3n) is 7.23. The zero-order chi connectivity index (χ0) is 30.9. The number of rotatable bonds is 12. The highest BCUT2D eigenvalue weighted by Gasteiger charge is 2.34. The Hall–Kier alpha value is -4.30. The fourth-order valence-electron chi connectivity index (χ4n) is 4.64. The lowest BCUT2D eigenvalue weighted by molar-refractivity contribution is -0.146. The average molecular weight is 573 g/mol. The van der Waals surface area contributed by atoms with Crippen molar-refractivity contribution in [2.75, 3.05) is 21.1 Å². The molecule has 0 heterocycles. The molecule has 3 N–H and O–H groups in total. The molecule has 222 valence electrons. The SMILES string of the molecule is CNC(=O)[C@@H](Cc1ccccc1F)N(C)C(=O)[C@@H](Cc1ccc(-c2ccccc2)cc1)N(C)C(=O)C=CCC(C)(C)N. The van der Waals surface area contributed by atoms with E-state index in [1.54, 1.807) is 31.3 Å². The number of hydrogen-bond acceptors (Lipinski definition) is 4. The van der Waals surface area contributed by atoms with Crippen molar-refractivity contribution in [2.45, 2.75) is 50.7 Å². The molecule has 3 aromatic carbocycles. The smallest absolute Gasteiger partial charge is 0.246 e. The molecule has 42 heavy (non-hydrogen) atoms. The van der Waals surface area contributed by atoms with Gasteiger partial charge in [0.1, 0.15) is 17.9 Å². The summed E-state index contributed by atoms with van der Waals surface area (Å²) in [5, 5.41) is 2.59. The van der Waals surface area contributed by atoms with Crippen molar-refractivity contribution in [2.24, 2.45) is 5.73 Å². The van der Waals surface area contributed by atoms with Gasteiger partial charge in [0.25, 0.3) is 0 Å². The number of benzene rings is 3. The Kier molecular flexibility index (Phi) is 11.2. The summed E-state index contributed by atoms with van der Waals surface area (Å²) in [6.07, 6.45) is 3.80. The first-order valence-corrected chi connectivity index (χ1v) is 14.0. The van der Waals surface area contributed by atoms with Gasteiger partial charge >= 0.3 is 0 Å². The van der Waals surface area contributed by atoms with Crippen molar-refractivity contribution < 1.29 is 18.8 Å². The molecule has 0 aliphatic rings. The minimum Gasteiger partial charge on any atom is -0.357 e. The molecular formula is C34H41FN4O3. The van der Waals surface area contributed by atoms with Gasteiger partial charge in [-0.3, -0.25) is 14.4 Å². The Morgan fingerprint density at radius 2 is 1.45 bits per heavy atom. The fourth-order valence-corrected chi connectivity index (χ4v) is 4.64. The average Bonchev–Trinajstić information content (AvgIpc) is 2.98. The highest BCUT2D eigenvalue weighted by atomic mass is 19.1. The molecule has 3 rings (SSSR count). The first-order valence-electron chi connectivity index (χ1n) is 14.0. The van der Waals surface area contributed by atoms with E-state index in [2.05, 4.69) is 5.32 Å². The zero-order valence-corrected chi connectivity index (χ0v) is 25.0. The topological polar surface area (TPSA) is 95.7 Å². The predicted octanol–water partition coefficient (Wildman–Crippen LogP) is 4.36. The van der Waals surface area contributed by atoms with Crippen molar-refractivity contribution in [1.82, 2.24) is 15.1 Å². The quantitative estimate of drug-likeness (QED) is 0.315. The molecule has 3 aromatic rings. The summed E-state index contributed by atoms with van der Waals surface area (Å²) in [4.78, 5) is 42.9. The lowest BCUT2D eigenvalue weighted by atomic mass is 9.98. The van der Waals surface area contributed by atoms with Crippen molar-refractivity contribution in [3.8, 4) is 11.1 Å². The van der Waals surface area contributed by atoms with Crippen LogP contribution in [0.1, 0.15) is 31.4 Å². The van der Waals surface area contributed by atoms with Gasteiger partial charge in [-0.2, -0.15) is 0 Å². The van der Waals surface area contributed by atoms with Crippen molar-refractivity contribution in [3.05, 3.63) is 108 Å². The minimum atomic E-state index is -0.987. The van der Waals surface area contributed by atoms with Crippen molar-refractivity contribution in [3.63, 3.8) is 0 Å². The minimum absolute atomic E-state index is 0.0176. The molecule has 2 atom stereocenters. The molecule has 0 unspecified atom stereocenters. The lowest BCUT2D eigenvalue weighted by Gasteiger charge is -2.34. The largest absolute Gasteiger partial charge is 0.357 e. The normalized spacial score (nSPS) is 12.9. The van der Waals surface area contributed by atoms with Gasteiger partial charge in [-0.1, -0.05) is 78.9 Å². The van der Waals surface area contributed by atoms with Crippen LogP contribution in [-0.4, -0.2) is 66.3 Å². The second-order valence-electron chi connectivity index (χ2n) is 11.2. The molecule has 0 bridgehead atoms. The number of halogens is 1. The molecule has 0 saturated heterocycles. The molecule has 7 nitrogen and oxygen atoms in total. The van der Waals surface area contributed by atoms with Gasteiger partial charge in [0, 0.05) is 39.5 Å². The van der Waals surface area contributed by atoms with Crippen LogP contribution in [0.4, 0.5) is 4.39 Å². The maximum atomic E-state index is 14.5. The number of carbonyl (C=O) groups excluding carboxylic acids is 3. The Balaban J connectivity index is 1.92. The summed E-state index contributed by atoms with van der Waals surface area (Å²) in [5.41, 5.74) is 8.82. The summed E-state index contributed by atoms with van der Waals surface area (Å²) in [6, 6.07) is 22.0. The number of likely N-dealkylation sites (N-methyl/N-ethyl adjacent to an activating group) is 3. The molecule has 0 fully saturated rings. The summed E-state index contributed by atoms with van der Waals surface area (Å²) >= 11 is 0. The first kappa shape index (κ1) is 32.2. The van der Waals surface area contributed by atoms with E-state index < -0.39 is 35.3 Å². The molecule has 0 aliphatic heterocycles. The maximum Gasteiger partial charge on any atom is 0.246 e. The van der Waals surface area contributed by atoms with Gasteiger partial charge in [0.15, 0.2) is 0 Å². The third kappa shape index (κ3) is 8.85. The van der Waals surface area contributed by atoms with Gasteiger partial charge in [0.05, 0.1) is 0 Å². The van der Waals surface area contributed by atoms with Gasteiger partial charge in [-0.05, 0) is 54.7 Å². The molecule has 0 aliphatic carbocycles. The molecule has 8 heteroatoms. The molecule has 0 spiro atoms. The van der Waals surface area contributed by atoms with Crippen molar-refractivity contribution in [1.29, 1.82) is 0 Å².